The number of hydrogen-bond acceptors (Lipinski definition) is 2. The highest BCUT2D eigenvalue weighted by Crippen LogP contribution is 2.29. The maximum Gasteiger partial charge on any atom is 0.255 e. The first-order valence-electron chi connectivity index (χ1n) is 6.08. The van der Waals surface area contributed by atoms with Crippen LogP contribution in [0.3, 0.4) is 0 Å². The molecule has 0 bridgehead atoms. The largest absolute Gasteiger partial charge is 0.383 e. The summed E-state index contributed by atoms with van der Waals surface area (Å²) in [6.45, 7) is 6.80. The number of anilines is 1. The van der Waals surface area contributed by atoms with Crippen LogP contribution in [0.1, 0.15) is 29.5 Å². The van der Waals surface area contributed by atoms with Crippen LogP contribution in [0.25, 0.3) is 0 Å². The third-order valence-electron chi connectivity index (χ3n) is 3.32. The molecule has 1 aromatic rings. The fourth-order valence-electron chi connectivity index (χ4n) is 2.68. The number of rotatable bonds is 1. The Labute approximate surface area is 102 Å². The number of aliphatic hydroxyl groups is 1. The molecule has 17 heavy (non-hydrogen) atoms. The highest BCUT2D eigenvalue weighted by atomic mass is 16.3. The molecular weight excluding hydrogens is 214 g/mol. The lowest BCUT2D eigenvalue weighted by molar-refractivity contribution is -0.128. The molecule has 1 fully saturated rings. The average Bonchev–Trinajstić information content (AvgIpc) is 2.23. The second-order valence-electron chi connectivity index (χ2n) is 4.90. The Kier molecular flexibility index (Phi) is 3.20. The molecule has 1 heterocycles. The van der Waals surface area contributed by atoms with E-state index in [1.807, 2.05) is 13.8 Å². The summed E-state index contributed by atoms with van der Waals surface area (Å²) in [6, 6.07) is 4.16. The van der Waals surface area contributed by atoms with Crippen LogP contribution in [0.2, 0.25) is 0 Å². The van der Waals surface area contributed by atoms with E-state index in [-0.39, 0.29) is 5.91 Å². The number of piperidine rings is 1. The van der Waals surface area contributed by atoms with Crippen molar-refractivity contribution in [3.8, 4) is 0 Å². The summed E-state index contributed by atoms with van der Waals surface area (Å²) in [7, 11) is 0. The number of aliphatic hydroxyl groups excluding tert-OH is 1. The topological polar surface area (TPSA) is 40.5 Å². The molecule has 0 aromatic heterocycles. The van der Waals surface area contributed by atoms with Crippen molar-refractivity contribution in [3.05, 3.63) is 28.8 Å². The van der Waals surface area contributed by atoms with Crippen LogP contribution < -0.4 is 4.90 Å². The average molecular weight is 233 g/mol. The van der Waals surface area contributed by atoms with E-state index in [1.54, 1.807) is 4.90 Å². The van der Waals surface area contributed by atoms with Crippen molar-refractivity contribution in [2.75, 3.05) is 11.4 Å². The zero-order valence-electron chi connectivity index (χ0n) is 10.7. The maximum atomic E-state index is 12.0. The van der Waals surface area contributed by atoms with Crippen LogP contribution in [-0.2, 0) is 4.79 Å². The third-order valence-corrected chi connectivity index (χ3v) is 3.32. The first-order valence-corrected chi connectivity index (χ1v) is 6.08. The van der Waals surface area contributed by atoms with Crippen LogP contribution in [0.15, 0.2) is 12.1 Å². The number of carbonyl (C=O) groups is 1. The van der Waals surface area contributed by atoms with E-state index in [1.165, 1.54) is 5.56 Å². The molecule has 2 rings (SSSR count). The van der Waals surface area contributed by atoms with Crippen LogP contribution >= 0.6 is 0 Å². The van der Waals surface area contributed by atoms with Crippen molar-refractivity contribution >= 4 is 11.6 Å². The van der Waals surface area contributed by atoms with Crippen molar-refractivity contribution in [2.45, 2.75) is 39.7 Å². The van der Waals surface area contributed by atoms with Gasteiger partial charge in [0.05, 0.1) is 0 Å². The van der Waals surface area contributed by atoms with Gasteiger partial charge >= 0.3 is 0 Å². The van der Waals surface area contributed by atoms with Crippen molar-refractivity contribution < 1.29 is 9.90 Å². The predicted octanol–water partition coefficient (Wildman–Crippen LogP) is 2.10. The second-order valence-corrected chi connectivity index (χ2v) is 4.90. The molecule has 1 amide bonds. The van der Waals surface area contributed by atoms with E-state index in [4.69, 9.17) is 0 Å². The van der Waals surface area contributed by atoms with Gasteiger partial charge in [0.25, 0.3) is 5.91 Å². The molecule has 1 atom stereocenters. The Bertz CT molecular complexity index is 431. The van der Waals surface area contributed by atoms with Gasteiger partial charge in [-0.15, -0.1) is 0 Å². The minimum Gasteiger partial charge on any atom is -0.383 e. The van der Waals surface area contributed by atoms with Crippen LogP contribution in [0, 0.1) is 20.8 Å². The molecule has 3 nitrogen and oxygen atoms in total. The van der Waals surface area contributed by atoms with Gasteiger partial charge in [-0.05, 0) is 44.7 Å². The predicted molar refractivity (Wildman–Crippen MR) is 68.2 cm³/mol. The van der Waals surface area contributed by atoms with E-state index in [2.05, 4.69) is 19.1 Å². The summed E-state index contributed by atoms with van der Waals surface area (Å²) >= 11 is 0. The van der Waals surface area contributed by atoms with E-state index < -0.39 is 6.10 Å². The summed E-state index contributed by atoms with van der Waals surface area (Å²) in [4.78, 5) is 13.7. The lowest BCUT2D eigenvalue weighted by Crippen LogP contribution is -2.44. The lowest BCUT2D eigenvalue weighted by Gasteiger charge is -2.32. The monoisotopic (exact) mass is 233 g/mol. The van der Waals surface area contributed by atoms with Gasteiger partial charge in [0.15, 0.2) is 0 Å². The van der Waals surface area contributed by atoms with Gasteiger partial charge < -0.3 is 10.0 Å². The summed E-state index contributed by atoms with van der Waals surface area (Å²) in [5, 5.41) is 9.65. The molecule has 1 aromatic carbocycles. The van der Waals surface area contributed by atoms with Crippen molar-refractivity contribution in [1.29, 1.82) is 0 Å². The van der Waals surface area contributed by atoms with Crippen molar-refractivity contribution in [1.82, 2.24) is 0 Å². The standard InChI is InChI=1S/C14H19NO2/c1-9-7-10(2)13(11(3)8-9)15-6-4-5-12(16)14(15)17/h7-8,12,16H,4-6H2,1-3H3. The highest BCUT2D eigenvalue weighted by Gasteiger charge is 2.29. The Morgan fingerprint density at radius 3 is 2.41 bits per heavy atom. The van der Waals surface area contributed by atoms with Gasteiger partial charge in [-0.3, -0.25) is 4.79 Å². The number of hydrogen-bond donors (Lipinski definition) is 1. The van der Waals surface area contributed by atoms with E-state index in [0.29, 0.717) is 13.0 Å². The minimum absolute atomic E-state index is 0.161. The molecule has 1 aliphatic heterocycles. The summed E-state index contributed by atoms with van der Waals surface area (Å²) in [5.41, 5.74) is 4.38. The molecule has 1 N–H and O–H groups in total. The van der Waals surface area contributed by atoms with Crippen LogP contribution in [-0.4, -0.2) is 23.7 Å². The normalized spacial score (nSPS) is 20.8. The number of benzene rings is 1. The molecule has 0 saturated carbocycles. The minimum atomic E-state index is -0.830. The molecule has 3 heteroatoms. The smallest absolute Gasteiger partial charge is 0.255 e. The Morgan fingerprint density at radius 2 is 1.82 bits per heavy atom. The molecule has 1 saturated heterocycles. The van der Waals surface area contributed by atoms with E-state index in [0.717, 1.165) is 23.2 Å². The Balaban J connectivity index is 2.43. The Hall–Kier alpha value is -1.35. The first kappa shape index (κ1) is 12.1. The van der Waals surface area contributed by atoms with Gasteiger partial charge in [-0.2, -0.15) is 0 Å². The number of carbonyl (C=O) groups excluding carboxylic acids is 1. The lowest BCUT2D eigenvalue weighted by atomic mass is 10.0. The molecule has 0 radical (unpaired) electrons. The number of amides is 1. The van der Waals surface area contributed by atoms with E-state index >= 15 is 0 Å². The third kappa shape index (κ3) is 2.20. The summed E-state index contributed by atoms with van der Waals surface area (Å²) in [6.07, 6.45) is 0.614. The molecule has 0 spiro atoms. The van der Waals surface area contributed by atoms with Gasteiger partial charge in [-0.25, -0.2) is 0 Å². The maximum absolute atomic E-state index is 12.0. The molecule has 1 unspecified atom stereocenters. The van der Waals surface area contributed by atoms with Crippen molar-refractivity contribution in [2.24, 2.45) is 0 Å². The zero-order chi connectivity index (χ0) is 12.6. The SMILES string of the molecule is Cc1cc(C)c(N2CCCC(O)C2=O)c(C)c1. The number of aryl methyl sites for hydroxylation is 3. The first-order chi connectivity index (χ1) is 8.00. The van der Waals surface area contributed by atoms with Crippen LogP contribution in [0.5, 0.6) is 0 Å². The van der Waals surface area contributed by atoms with Crippen LogP contribution in [0.4, 0.5) is 5.69 Å². The van der Waals surface area contributed by atoms with Crippen molar-refractivity contribution in [3.63, 3.8) is 0 Å². The zero-order valence-corrected chi connectivity index (χ0v) is 10.7. The van der Waals surface area contributed by atoms with Gasteiger partial charge in [0, 0.05) is 12.2 Å². The molecule has 1 aliphatic rings. The highest BCUT2D eigenvalue weighted by molar-refractivity contribution is 5.98. The quantitative estimate of drug-likeness (QED) is 0.807. The molecule has 0 aliphatic carbocycles. The summed E-state index contributed by atoms with van der Waals surface area (Å²) in [5.74, 6) is -0.161. The summed E-state index contributed by atoms with van der Waals surface area (Å²) < 4.78 is 0. The van der Waals surface area contributed by atoms with Gasteiger partial charge in [0.2, 0.25) is 0 Å². The second kappa shape index (κ2) is 4.49. The number of nitrogens with zero attached hydrogens (tertiary/aromatic N) is 1. The van der Waals surface area contributed by atoms with Gasteiger partial charge in [0.1, 0.15) is 6.10 Å². The van der Waals surface area contributed by atoms with E-state index in [9.17, 15) is 9.90 Å². The Morgan fingerprint density at radius 1 is 1.24 bits per heavy atom. The fourth-order valence-corrected chi connectivity index (χ4v) is 2.68. The molecular formula is C14H19NO2. The fraction of sp³-hybridized carbons (Fsp3) is 0.500. The van der Waals surface area contributed by atoms with Gasteiger partial charge in [-0.1, -0.05) is 17.7 Å². The molecule has 92 valence electrons.